The summed E-state index contributed by atoms with van der Waals surface area (Å²) >= 11 is -2.34. The second-order valence-electron chi connectivity index (χ2n) is 2.41. The number of carbonyl (C=O) groups is 1. The van der Waals surface area contributed by atoms with Gasteiger partial charge in [-0.15, -0.1) is 0 Å². The van der Waals surface area contributed by atoms with Crippen molar-refractivity contribution in [3.8, 4) is 0 Å². The molecule has 0 aromatic carbocycles. The summed E-state index contributed by atoms with van der Waals surface area (Å²) < 4.78 is 29.0. The second-order valence-corrected chi connectivity index (χ2v) is 5.03. The van der Waals surface area contributed by atoms with Crippen molar-refractivity contribution in [3.05, 3.63) is 0 Å². The standard InChI is InChI=1S/C4H10NO7PS/c6-4(7)3(1-14(11)12)5-2-13(8,9)10/h3,5H,1-2H2,(H,6,7)(H,11,12)(H2,8,9,10). The zero-order valence-electron chi connectivity index (χ0n) is 6.86. The minimum absolute atomic E-state index is 0.630. The van der Waals surface area contributed by atoms with Crippen molar-refractivity contribution in [3.63, 3.8) is 0 Å². The summed E-state index contributed by atoms with van der Waals surface area (Å²) in [5, 5.41) is 10.4. The van der Waals surface area contributed by atoms with Gasteiger partial charge in [-0.05, 0) is 0 Å². The summed E-state index contributed by atoms with van der Waals surface area (Å²) in [5.41, 5.74) is 0. The lowest BCUT2D eigenvalue weighted by atomic mass is 10.3. The Morgan fingerprint density at radius 3 is 2.29 bits per heavy atom. The molecule has 0 aliphatic rings. The molecule has 0 saturated heterocycles. The van der Waals surface area contributed by atoms with Crippen LogP contribution < -0.4 is 5.32 Å². The zero-order chi connectivity index (χ0) is 11.4. The van der Waals surface area contributed by atoms with Crippen LogP contribution in [0.5, 0.6) is 0 Å². The molecule has 0 aliphatic carbocycles. The van der Waals surface area contributed by atoms with Gasteiger partial charge in [-0.2, -0.15) is 0 Å². The Morgan fingerprint density at radius 2 is 2.00 bits per heavy atom. The average Bonchev–Trinajstić information content (AvgIpc) is 1.94. The fraction of sp³-hybridized carbons (Fsp3) is 0.750. The molecule has 0 spiro atoms. The Balaban J connectivity index is 4.18. The molecule has 2 atom stereocenters. The van der Waals surface area contributed by atoms with E-state index in [0.29, 0.717) is 0 Å². The molecule has 84 valence electrons. The van der Waals surface area contributed by atoms with E-state index >= 15 is 0 Å². The molecule has 0 saturated carbocycles. The van der Waals surface area contributed by atoms with Crippen LogP contribution in [0.15, 0.2) is 0 Å². The van der Waals surface area contributed by atoms with Crippen molar-refractivity contribution < 1.29 is 33.0 Å². The molecule has 0 rings (SSSR count). The smallest absolute Gasteiger partial charge is 0.339 e. The van der Waals surface area contributed by atoms with E-state index in [0.717, 1.165) is 0 Å². The lowest BCUT2D eigenvalue weighted by molar-refractivity contribution is -0.138. The molecule has 8 nitrogen and oxygen atoms in total. The van der Waals surface area contributed by atoms with Gasteiger partial charge >= 0.3 is 13.6 Å². The van der Waals surface area contributed by atoms with Crippen LogP contribution in [0.4, 0.5) is 0 Å². The molecule has 2 unspecified atom stereocenters. The van der Waals surface area contributed by atoms with Gasteiger partial charge in [0.05, 0.1) is 12.0 Å². The van der Waals surface area contributed by atoms with Gasteiger partial charge in [0.2, 0.25) is 0 Å². The topological polar surface area (TPSA) is 144 Å². The van der Waals surface area contributed by atoms with Crippen LogP contribution in [0.3, 0.4) is 0 Å². The summed E-state index contributed by atoms with van der Waals surface area (Å²) in [6, 6.07) is -1.45. The molecule has 0 fully saturated rings. The van der Waals surface area contributed by atoms with E-state index in [-0.39, 0.29) is 0 Å². The molecule has 5 N–H and O–H groups in total. The number of hydrogen-bond acceptors (Lipinski definition) is 4. The SMILES string of the molecule is O=C(O)C(CS(=O)O)NCP(=O)(O)O. The molecule has 0 amide bonds. The number of carboxylic acid groups (broad SMARTS) is 1. The van der Waals surface area contributed by atoms with Gasteiger partial charge in [-0.3, -0.25) is 14.7 Å². The van der Waals surface area contributed by atoms with Gasteiger partial charge in [0.15, 0.2) is 11.1 Å². The van der Waals surface area contributed by atoms with E-state index in [1.807, 2.05) is 5.32 Å². The van der Waals surface area contributed by atoms with Gasteiger partial charge in [-0.25, -0.2) is 4.21 Å². The third-order valence-electron chi connectivity index (χ3n) is 1.15. The van der Waals surface area contributed by atoms with Crippen LogP contribution in [0.25, 0.3) is 0 Å². The zero-order valence-corrected chi connectivity index (χ0v) is 8.57. The summed E-state index contributed by atoms with van der Waals surface area (Å²) in [5.74, 6) is -2.07. The number of carboxylic acids is 1. The van der Waals surface area contributed by atoms with Crippen molar-refractivity contribution >= 4 is 24.6 Å². The fourth-order valence-electron chi connectivity index (χ4n) is 0.589. The van der Waals surface area contributed by atoms with E-state index in [1.165, 1.54) is 0 Å². The average molecular weight is 247 g/mol. The maximum Gasteiger partial charge on any atom is 0.339 e. The molecule has 0 aromatic rings. The van der Waals surface area contributed by atoms with Crippen molar-refractivity contribution in [1.29, 1.82) is 0 Å². The third-order valence-corrected chi connectivity index (χ3v) is 2.36. The maximum absolute atomic E-state index is 10.4. The number of nitrogens with one attached hydrogen (secondary N) is 1. The Bertz CT molecular complexity index is 275. The molecule has 0 aromatic heterocycles. The molecular weight excluding hydrogens is 237 g/mol. The van der Waals surface area contributed by atoms with Crippen molar-refractivity contribution in [2.75, 3.05) is 12.0 Å². The number of aliphatic carboxylic acids is 1. The Labute approximate surface area is 81.8 Å². The molecule has 0 aliphatic heterocycles. The van der Waals surface area contributed by atoms with Crippen LogP contribution in [0, 0.1) is 0 Å². The molecule has 14 heavy (non-hydrogen) atoms. The van der Waals surface area contributed by atoms with Crippen molar-refractivity contribution in [1.82, 2.24) is 5.32 Å². The Morgan fingerprint density at radius 1 is 1.50 bits per heavy atom. The first-order valence-electron chi connectivity index (χ1n) is 3.30. The fourth-order valence-corrected chi connectivity index (χ4v) is 1.59. The highest BCUT2D eigenvalue weighted by Gasteiger charge is 2.23. The first kappa shape index (κ1) is 13.7. The van der Waals surface area contributed by atoms with Crippen LogP contribution >= 0.6 is 7.60 Å². The van der Waals surface area contributed by atoms with Crippen LogP contribution in [0.1, 0.15) is 0 Å². The first-order valence-corrected chi connectivity index (χ1v) is 6.38. The maximum atomic E-state index is 10.4. The van der Waals surface area contributed by atoms with Gasteiger partial charge in [0.1, 0.15) is 6.04 Å². The molecule has 0 heterocycles. The van der Waals surface area contributed by atoms with E-state index < -0.39 is 42.7 Å². The van der Waals surface area contributed by atoms with E-state index in [4.69, 9.17) is 19.4 Å². The largest absolute Gasteiger partial charge is 0.480 e. The quantitative estimate of drug-likeness (QED) is 0.278. The lowest BCUT2D eigenvalue weighted by Gasteiger charge is -2.12. The predicted octanol–water partition coefficient (Wildman–Crippen LogP) is -1.61. The molecular formula is C4H10NO7PS. The monoisotopic (exact) mass is 247 g/mol. The van der Waals surface area contributed by atoms with E-state index in [9.17, 15) is 13.6 Å². The van der Waals surface area contributed by atoms with Crippen molar-refractivity contribution in [2.45, 2.75) is 6.04 Å². The second kappa shape index (κ2) is 5.54. The van der Waals surface area contributed by atoms with Crippen LogP contribution in [-0.4, -0.2) is 47.7 Å². The van der Waals surface area contributed by atoms with Crippen molar-refractivity contribution in [2.24, 2.45) is 0 Å². The van der Waals surface area contributed by atoms with Gasteiger partial charge < -0.3 is 19.4 Å². The molecule has 0 bridgehead atoms. The lowest BCUT2D eigenvalue weighted by Crippen LogP contribution is -2.41. The number of rotatable bonds is 6. The Kier molecular flexibility index (Phi) is 5.42. The number of hydrogen-bond donors (Lipinski definition) is 5. The summed E-state index contributed by atoms with van der Waals surface area (Å²) in [6.07, 6.45) is -0.846. The predicted molar refractivity (Wildman–Crippen MR) is 47.1 cm³/mol. The summed E-state index contributed by atoms with van der Waals surface area (Å²) in [6.45, 7) is 0. The van der Waals surface area contributed by atoms with E-state index in [2.05, 4.69) is 0 Å². The first-order chi connectivity index (χ1) is 6.22. The summed E-state index contributed by atoms with van der Waals surface area (Å²) in [7, 11) is -4.36. The normalized spacial score (nSPS) is 16.2. The minimum atomic E-state index is -4.36. The van der Waals surface area contributed by atoms with Gasteiger partial charge in [0, 0.05) is 0 Å². The highest BCUT2D eigenvalue weighted by atomic mass is 32.2. The Hall–Kier alpha value is -0.310. The molecule has 10 heteroatoms. The molecule has 0 radical (unpaired) electrons. The third kappa shape index (κ3) is 7.13. The van der Waals surface area contributed by atoms with Crippen LogP contribution in [0.2, 0.25) is 0 Å². The van der Waals surface area contributed by atoms with E-state index in [1.54, 1.807) is 0 Å². The van der Waals surface area contributed by atoms with Crippen LogP contribution in [-0.2, 0) is 20.4 Å². The van der Waals surface area contributed by atoms with Gasteiger partial charge in [0.25, 0.3) is 0 Å². The summed E-state index contributed by atoms with van der Waals surface area (Å²) in [4.78, 5) is 27.2. The highest BCUT2D eigenvalue weighted by Crippen LogP contribution is 2.32. The van der Waals surface area contributed by atoms with Gasteiger partial charge in [-0.1, -0.05) is 0 Å². The highest BCUT2D eigenvalue weighted by molar-refractivity contribution is 7.79. The minimum Gasteiger partial charge on any atom is -0.480 e.